The van der Waals surface area contributed by atoms with Crippen molar-refractivity contribution in [3.05, 3.63) is 58.7 Å². The molecule has 1 atom stereocenters. The second kappa shape index (κ2) is 8.69. The van der Waals surface area contributed by atoms with Crippen LogP contribution < -0.4 is 20.5 Å². The summed E-state index contributed by atoms with van der Waals surface area (Å²) in [4.78, 5) is 53.0. The molecule has 5 amide bonds. The predicted octanol–water partition coefficient (Wildman–Crippen LogP) is 1.15. The van der Waals surface area contributed by atoms with Gasteiger partial charge >= 0.3 is 6.03 Å². The van der Waals surface area contributed by atoms with Gasteiger partial charge in [-0.3, -0.25) is 19.3 Å². The molecule has 1 saturated heterocycles. The van der Waals surface area contributed by atoms with Crippen LogP contribution in [0.4, 0.5) is 4.79 Å². The van der Waals surface area contributed by atoms with E-state index in [1.165, 1.54) is 19.1 Å². The second-order valence-electron chi connectivity index (χ2n) is 8.43. The highest BCUT2D eigenvalue weighted by Crippen LogP contribution is 2.34. The number of hydrogen-bond donors (Lipinski definition) is 2. The molecule has 0 aliphatic carbocycles. The minimum atomic E-state index is -1.42. The van der Waals surface area contributed by atoms with Gasteiger partial charge in [0.25, 0.3) is 5.91 Å². The average molecular weight is 466 g/mol. The summed E-state index contributed by atoms with van der Waals surface area (Å²) in [6.07, 6.45) is 0.610. The van der Waals surface area contributed by atoms with Crippen molar-refractivity contribution in [2.45, 2.75) is 25.4 Å². The van der Waals surface area contributed by atoms with Crippen LogP contribution in [0.25, 0.3) is 0 Å². The number of benzene rings is 2. The van der Waals surface area contributed by atoms with Crippen LogP contribution in [0.3, 0.4) is 0 Å². The molecular formula is C24H26N4O6. The number of hydrogen-bond acceptors (Lipinski definition) is 6. The number of rotatable bonds is 6. The van der Waals surface area contributed by atoms with Crippen molar-refractivity contribution in [2.75, 3.05) is 27.3 Å². The van der Waals surface area contributed by atoms with Crippen LogP contribution in [0, 0.1) is 0 Å². The topological polar surface area (TPSA) is 131 Å². The molecule has 0 unspecified atom stereocenters. The number of nitrogens with two attached hydrogens (primary N) is 1. The summed E-state index contributed by atoms with van der Waals surface area (Å²) >= 11 is 0. The van der Waals surface area contributed by atoms with Gasteiger partial charge in [-0.15, -0.1) is 0 Å². The molecule has 4 rings (SSSR count). The number of imide groups is 1. The standard InChI is InChI=1S/C24H26N4O6/c1-24(17-6-4-5-15(9-17)21(25)30)22(31)28(23(32)26-24)13-20(29)27-8-7-14-10-18(33-2)19(34-3)11-16(14)12-27/h4-6,9-11H,7-8,12-13H2,1-3H3,(H2,25,30)(H,26,32)/t24-/m0/s1. The van der Waals surface area contributed by atoms with Crippen LogP contribution >= 0.6 is 0 Å². The lowest BCUT2D eigenvalue weighted by atomic mass is 9.90. The first-order valence-corrected chi connectivity index (χ1v) is 10.7. The van der Waals surface area contributed by atoms with Crippen LogP contribution in [-0.4, -0.2) is 60.9 Å². The Kier molecular flexibility index (Phi) is 5.90. The zero-order valence-electron chi connectivity index (χ0n) is 19.2. The van der Waals surface area contributed by atoms with Crippen LogP contribution in [0.15, 0.2) is 36.4 Å². The molecule has 178 valence electrons. The summed E-state index contributed by atoms with van der Waals surface area (Å²) in [6, 6.07) is 9.27. The molecule has 2 aromatic carbocycles. The Bertz CT molecular complexity index is 1200. The molecule has 2 aliphatic rings. The van der Waals surface area contributed by atoms with Crippen LogP contribution in [-0.2, 0) is 28.1 Å². The summed E-state index contributed by atoms with van der Waals surface area (Å²) in [7, 11) is 3.11. The lowest BCUT2D eigenvalue weighted by molar-refractivity contribution is -0.139. The van der Waals surface area contributed by atoms with Gasteiger partial charge in [-0.25, -0.2) is 4.79 Å². The third kappa shape index (κ3) is 3.91. The molecule has 34 heavy (non-hydrogen) atoms. The van der Waals surface area contributed by atoms with Crippen molar-refractivity contribution < 1.29 is 28.7 Å². The summed E-state index contributed by atoms with van der Waals surface area (Å²) in [5.41, 5.74) is 6.53. The minimum absolute atomic E-state index is 0.217. The molecular weight excluding hydrogens is 440 g/mol. The number of amides is 5. The van der Waals surface area contributed by atoms with E-state index in [0.717, 1.165) is 16.0 Å². The van der Waals surface area contributed by atoms with Gasteiger partial charge in [0.2, 0.25) is 11.8 Å². The number of urea groups is 1. The van der Waals surface area contributed by atoms with Crippen molar-refractivity contribution in [3.63, 3.8) is 0 Å². The van der Waals surface area contributed by atoms with E-state index in [1.54, 1.807) is 31.3 Å². The number of methoxy groups -OCH3 is 2. The number of primary amides is 1. The molecule has 2 heterocycles. The van der Waals surface area contributed by atoms with Crippen molar-refractivity contribution in [3.8, 4) is 11.5 Å². The molecule has 10 nitrogen and oxygen atoms in total. The Labute approximate surface area is 196 Å². The Hall–Kier alpha value is -4.08. The molecule has 1 fully saturated rings. The zero-order valence-corrected chi connectivity index (χ0v) is 19.2. The van der Waals surface area contributed by atoms with Crippen molar-refractivity contribution in [1.29, 1.82) is 0 Å². The monoisotopic (exact) mass is 466 g/mol. The normalized spacial score (nSPS) is 19.5. The third-order valence-corrected chi connectivity index (χ3v) is 6.36. The largest absolute Gasteiger partial charge is 0.493 e. The van der Waals surface area contributed by atoms with Crippen LogP contribution in [0.5, 0.6) is 11.5 Å². The average Bonchev–Trinajstić information content (AvgIpc) is 3.06. The van der Waals surface area contributed by atoms with E-state index in [1.807, 2.05) is 12.1 Å². The van der Waals surface area contributed by atoms with E-state index < -0.39 is 29.9 Å². The van der Waals surface area contributed by atoms with Crippen LogP contribution in [0.1, 0.15) is 34.0 Å². The third-order valence-electron chi connectivity index (χ3n) is 6.36. The number of nitrogens with zero attached hydrogens (tertiary/aromatic N) is 2. The van der Waals surface area contributed by atoms with Crippen molar-refractivity contribution >= 4 is 23.8 Å². The number of nitrogens with one attached hydrogen (secondary N) is 1. The molecule has 0 bridgehead atoms. The van der Waals surface area contributed by atoms with E-state index in [0.29, 0.717) is 36.6 Å². The molecule has 3 N–H and O–H groups in total. The van der Waals surface area contributed by atoms with E-state index in [2.05, 4.69) is 5.32 Å². The second-order valence-corrected chi connectivity index (χ2v) is 8.43. The van der Waals surface area contributed by atoms with E-state index >= 15 is 0 Å². The van der Waals surface area contributed by atoms with Gasteiger partial charge in [0, 0.05) is 18.7 Å². The fourth-order valence-corrected chi connectivity index (χ4v) is 4.35. The molecule has 2 aliphatic heterocycles. The number of ether oxygens (including phenoxy) is 2. The smallest absolute Gasteiger partial charge is 0.325 e. The zero-order chi connectivity index (χ0) is 24.6. The van der Waals surface area contributed by atoms with Gasteiger partial charge in [-0.1, -0.05) is 12.1 Å². The molecule has 0 radical (unpaired) electrons. The fraction of sp³-hybridized carbons (Fsp3) is 0.333. The van der Waals surface area contributed by atoms with E-state index in [4.69, 9.17) is 15.2 Å². The highest BCUT2D eigenvalue weighted by atomic mass is 16.5. The molecule has 0 saturated carbocycles. The molecule has 0 spiro atoms. The number of carbonyl (C=O) groups excluding carboxylic acids is 4. The first kappa shape index (κ1) is 23.1. The van der Waals surface area contributed by atoms with E-state index in [-0.39, 0.29) is 11.5 Å². The van der Waals surface area contributed by atoms with Crippen LogP contribution in [0.2, 0.25) is 0 Å². The lowest BCUT2D eigenvalue weighted by Crippen LogP contribution is -2.45. The Morgan fingerprint density at radius 1 is 1.09 bits per heavy atom. The summed E-state index contributed by atoms with van der Waals surface area (Å²) < 4.78 is 10.7. The van der Waals surface area contributed by atoms with Crippen molar-refractivity contribution in [2.24, 2.45) is 5.73 Å². The van der Waals surface area contributed by atoms with Gasteiger partial charge in [-0.2, -0.15) is 0 Å². The predicted molar refractivity (Wildman–Crippen MR) is 121 cm³/mol. The summed E-state index contributed by atoms with van der Waals surface area (Å²) in [6.45, 7) is 1.92. The van der Waals surface area contributed by atoms with Gasteiger partial charge in [0.15, 0.2) is 11.5 Å². The molecule has 0 aromatic heterocycles. The summed E-state index contributed by atoms with van der Waals surface area (Å²) in [5, 5.41) is 2.65. The SMILES string of the molecule is COc1cc2c(cc1OC)CN(C(=O)CN1C(=O)N[C@@](C)(c3cccc(C(N)=O)c3)C1=O)CC2. The highest BCUT2D eigenvalue weighted by Gasteiger charge is 2.50. The maximum atomic E-state index is 13.2. The lowest BCUT2D eigenvalue weighted by Gasteiger charge is -2.30. The van der Waals surface area contributed by atoms with Gasteiger partial charge in [0.05, 0.1) is 14.2 Å². The van der Waals surface area contributed by atoms with E-state index in [9.17, 15) is 19.2 Å². The molecule has 2 aromatic rings. The highest BCUT2D eigenvalue weighted by molar-refractivity contribution is 6.09. The maximum Gasteiger partial charge on any atom is 0.325 e. The Morgan fingerprint density at radius 3 is 2.41 bits per heavy atom. The first-order chi connectivity index (χ1) is 16.2. The fourth-order valence-electron chi connectivity index (χ4n) is 4.35. The quantitative estimate of drug-likeness (QED) is 0.614. The number of carbonyl (C=O) groups is 4. The minimum Gasteiger partial charge on any atom is -0.493 e. The van der Waals surface area contributed by atoms with Gasteiger partial charge < -0.3 is 25.4 Å². The maximum absolute atomic E-state index is 13.2. The number of fused-ring (bicyclic) bond motifs is 1. The molecule has 10 heteroatoms. The summed E-state index contributed by atoms with van der Waals surface area (Å²) in [5.74, 6) is -0.372. The Balaban J connectivity index is 1.51. The van der Waals surface area contributed by atoms with Gasteiger partial charge in [0.1, 0.15) is 12.1 Å². The Morgan fingerprint density at radius 2 is 1.76 bits per heavy atom. The van der Waals surface area contributed by atoms with Crippen molar-refractivity contribution in [1.82, 2.24) is 15.1 Å². The van der Waals surface area contributed by atoms with Gasteiger partial charge in [-0.05, 0) is 54.3 Å². The first-order valence-electron chi connectivity index (χ1n) is 10.7.